The molecular weight excluding hydrogens is 356 g/mol. The number of H-pyrrole nitrogens is 1. The number of rotatable bonds is 2. The topological polar surface area (TPSA) is 45.8 Å². The number of nitrogens with one attached hydrogen (secondary N) is 1. The Hall–Kier alpha value is -2.16. The molecule has 152 valence electrons. The Bertz CT molecular complexity index is 975. The first-order valence-electron chi connectivity index (χ1n) is 11.3. The van der Waals surface area contributed by atoms with E-state index in [1.165, 1.54) is 60.2 Å². The average molecular weight is 389 g/mol. The second-order valence-electron chi connectivity index (χ2n) is 10.4. The molecule has 1 aromatic heterocycles. The van der Waals surface area contributed by atoms with Gasteiger partial charge in [0.15, 0.2) is 5.78 Å². The average Bonchev–Trinajstić information content (AvgIpc) is 3.12. The molecule has 0 saturated heterocycles. The number of benzene rings is 1. The van der Waals surface area contributed by atoms with Crippen molar-refractivity contribution in [1.29, 1.82) is 0 Å². The Morgan fingerprint density at radius 1 is 1.00 bits per heavy atom. The maximum atomic E-state index is 13.6. The molecule has 0 bridgehead atoms. The maximum Gasteiger partial charge on any atom is 0.160 e. The van der Waals surface area contributed by atoms with E-state index in [1.54, 1.807) is 0 Å². The number of carbonyl (C=O) groups is 1. The summed E-state index contributed by atoms with van der Waals surface area (Å²) < 4.78 is 0. The minimum Gasteiger partial charge on any atom is -0.294 e. The number of nitrogens with zero attached hydrogens (tertiary/aromatic N) is 1. The molecule has 1 fully saturated rings. The van der Waals surface area contributed by atoms with Gasteiger partial charge in [0.2, 0.25) is 0 Å². The molecule has 3 aliphatic rings. The van der Waals surface area contributed by atoms with Crippen molar-refractivity contribution in [1.82, 2.24) is 10.2 Å². The number of aromatic amines is 1. The molecule has 1 heterocycles. The lowest BCUT2D eigenvalue weighted by atomic mass is 9.57. The van der Waals surface area contributed by atoms with E-state index in [4.69, 9.17) is 5.10 Å². The summed E-state index contributed by atoms with van der Waals surface area (Å²) in [6.45, 7) is 6.74. The molecule has 0 unspecified atom stereocenters. The van der Waals surface area contributed by atoms with Crippen LogP contribution in [-0.4, -0.2) is 16.0 Å². The summed E-state index contributed by atoms with van der Waals surface area (Å²) in [6, 6.07) is 10.7. The highest BCUT2D eigenvalue weighted by molar-refractivity contribution is 6.01. The van der Waals surface area contributed by atoms with Gasteiger partial charge in [-0.1, -0.05) is 69.0 Å². The van der Waals surface area contributed by atoms with E-state index in [9.17, 15) is 4.79 Å². The third-order valence-electron chi connectivity index (χ3n) is 7.57. The zero-order chi connectivity index (χ0) is 20.2. The van der Waals surface area contributed by atoms with Gasteiger partial charge in [0.05, 0.1) is 5.69 Å². The van der Waals surface area contributed by atoms with Crippen LogP contribution in [0.1, 0.15) is 94.1 Å². The van der Waals surface area contributed by atoms with Crippen molar-refractivity contribution >= 4 is 5.78 Å². The van der Waals surface area contributed by atoms with Crippen LogP contribution in [0.15, 0.2) is 41.5 Å². The van der Waals surface area contributed by atoms with Crippen LogP contribution in [-0.2, 0) is 16.6 Å². The number of aromatic nitrogens is 2. The number of carbonyl (C=O) groups excluding carboxylic acids is 1. The number of Topliss-reactive ketones (excluding diaryl/α,β-unsaturated/α-hetero) is 1. The van der Waals surface area contributed by atoms with Gasteiger partial charge in [0, 0.05) is 41.0 Å². The second-order valence-corrected chi connectivity index (χ2v) is 10.4. The smallest absolute Gasteiger partial charge is 0.160 e. The van der Waals surface area contributed by atoms with Gasteiger partial charge >= 0.3 is 0 Å². The minimum atomic E-state index is -0.405. The molecule has 1 atom stereocenters. The van der Waals surface area contributed by atoms with Crippen LogP contribution < -0.4 is 0 Å². The predicted molar refractivity (Wildman–Crippen MR) is 116 cm³/mol. The highest BCUT2D eigenvalue weighted by atomic mass is 16.1. The molecule has 5 rings (SSSR count). The normalized spacial score (nSPS) is 26.9. The van der Waals surface area contributed by atoms with E-state index >= 15 is 0 Å². The lowest BCUT2D eigenvalue weighted by Crippen LogP contribution is -2.41. The molecule has 1 aromatic carbocycles. The van der Waals surface area contributed by atoms with Crippen molar-refractivity contribution < 1.29 is 4.79 Å². The van der Waals surface area contributed by atoms with Crippen LogP contribution in [0.3, 0.4) is 0 Å². The molecule has 3 nitrogen and oxygen atoms in total. The Labute approximate surface area is 174 Å². The Morgan fingerprint density at radius 3 is 2.45 bits per heavy atom. The number of fused-ring (bicyclic) bond motifs is 1. The van der Waals surface area contributed by atoms with Crippen LogP contribution in [0.5, 0.6) is 0 Å². The van der Waals surface area contributed by atoms with Crippen LogP contribution in [0.4, 0.5) is 0 Å². The van der Waals surface area contributed by atoms with Gasteiger partial charge in [-0.15, -0.1) is 0 Å². The Balaban J connectivity index is 1.74. The third-order valence-corrected chi connectivity index (χ3v) is 7.57. The van der Waals surface area contributed by atoms with Crippen molar-refractivity contribution in [2.45, 2.75) is 83.5 Å². The third kappa shape index (κ3) is 2.93. The van der Waals surface area contributed by atoms with Crippen molar-refractivity contribution in [2.24, 2.45) is 5.41 Å². The molecule has 0 aliphatic heterocycles. The van der Waals surface area contributed by atoms with Gasteiger partial charge in [0.1, 0.15) is 0 Å². The van der Waals surface area contributed by atoms with Gasteiger partial charge in [-0.25, -0.2) is 0 Å². The lowest BCUT2D eigenvalue weighted by Gasteiger charge is -2.44. The molecule has 29 heavy (non-hydrogen) atoms. The summed E-state index contributed by atoms with van der Waals surface area (Å²) in [6.07, 6.45) is 8.83. The minimum absolute atomic E-state index is 0.0389. The molecule has 2 aromatic rings. The molecule has 3 aliphatic carbocycles. The second kappa shape index (κ2) is 6.68. The van der Waals surface area contributed by atoms with Gasteiger partial charge < -0.3 is 0 Å². The highest BCUT2D eigenvalue weighted by Crippen LogP contribution is 2.54. The summed E-state index contributed by atoms with van der Waals surface area (Å²) in [5, 5.41) is 8.33. The molecule has 0 spiro atoms. The molecule has 1 N–H and O–H groups in total. The summed E-state index contributed by atoms with van der Waals surface area (Å²) in [4.78, 5) is 13.6. The SMILES string of the molecule is CC1(C)CC(=O)C2=C(Cc3[nH]nc(C4CCCCC4)c3[C@]2(C)c2ccccc2)C1. The van der Waals surface area contributed by atoms with E-state index < -0.39 is 5.41 Å². The summed E-state index contributed by atoms with van der Waals surface area (Å²) in [5.74, 6) is 0.855. The maximum absolute atomic E-state index is 13.6. The van der Waals surface area contributed by atoms with Crippen molar-refractivity contribution in [3.05, 3.63) is 64.0 Å². The Kier molecular flexibility index (Phi) is 4.34. The first-order chi connectivity index (χ1) is 13.9. The van der Waals surface area contributed by atoms with Crippen LogP contribution in [0, 0.1) is 5.41 Å². The van der Waals surface area contributed by atoms with Crippen molar-refractivity contribution in [2.75, 3.05) is 0 Å². The molecule has 0 amide bonds. The van der Waals surface area contributed by atoms with Crippen molar-refractivity contribution in [3.8, 4) is 0 Å². The van der Waals surface area contributed by atoms with Gasteiger partial charge in [-0.05, 0) is 37.2 Å². The predicted octanol–water partition coefficient (Wildman–Crippen LogP) is 6.01. The fourth-order valence-electron chi connectivity index (χ4n) is 6.38. The zero-order valence-electron chi connectivity index (χ0n) is 18.0. The molecule has 0 radical (unpaired) electrons. The zero-order valence-corrected chi connectivity index (χ0v) is 18.0. The van der Waals surface area contributed by atoms with Gasteiger partial charge in [-0.3, -0.25) is 9.89 Å². The molecule has 3 heteroatoms. The largest absolute Gasteiger partial charge is 0.294 e. The molecule has 1 saturated carbocycles. The van der Waals surface area contributed by atoms with E-state index in [1.807, 2.05) is 0 Å². The van der Waals surface area contributed by atoms with E-state index in [2.05, 4.69) is 56.2 Å². The summed E-state index contributed by atoms with van der Waals surface area (Å²) in [7, 11) is 0. The lowest BCUT2D eigenvalue weighted by molar-refractivity contribution is -0.118. The highest BCUT2D eigenvalue weighted by Gasteiger charge is 2.49. The van der Waals surface area contributed by atoms with E-state index in [0.717, 1.165) is 18.4 Å². The summed E-state index contributed by atoms with van der Waals surface area (Å²) >= 11 is 0. The quantitative estimate of drug-likeness (QED) is 0.685. The van der Waals surface area contributed by atoms with Crippen molar-refractivity contribution in [3.63, 3.8) is 0 Å². The van der Waals surface area contributed by atoms with Gasteiger partial charge in [-0.2, -0.15) is 5.10 Å². The standard InChI is InChI=1S/C26H32N2O/c1-25(2)15-18-14-20-23(24(28-27-20)17-10-6-4-7-11-17)26(3,22(18)21(29)16-25)19-12-8-5-9-13-19/h5,8-9,12-13,17H,4,6-7,10-11,14-16H2,1-3H3,(H,27,28)/t26-/m1/s1. The van der Waals surface area contributed by atoms with Gasteiger partial charge in [0.25, 0.3) is 0 Å². The Morgan fingerprint density at radius 2 is 1.72 bits per heavy atom. The van der Waals surface area contributed by atoms with Crippen LogP contribution >= 0.6 is 0 Å². The number of ketones is 1. The van der Waals surface area contributed by atoms with E-state index in [0.29, 0.717) is 18.1 Å². The van der Waals surface area contributed by atoms with E-state index in [-0.39, 0.29) is 5.41 Å². The first kappa shape index (κ1) is 18.8. The van der Waals surface area contributed by atoms with Crippen LogP contribution in [0.25, 0.3) is 0 Å². The van der Waals surface area contributed by atoms with Crippen LogP contribution in [0.2, 0.25) is 0 Å². The fraction of sp³-hybridized carbons (Fsp3) is 0.538. The fourth-order valence-corrected chi connectivity index (χ4v) is 6.38. The number of allylic oxidation sites excluding steroid dienone is 2. The summed E-state index contributed by atoms with van der Waals surface area (Å²) in [5.41, 5.74) is 7.02. The molecular formula is C26H32N2O. The number of hydrogen-bond donors (Lipinski definition) is 1. The first-order valence-corrected chi connectivity index (χ1v) is 11.3. The number of hydrogen-bond acceptors (Lipinski definition) is 2. The monoisotopic (exact) mass is 388 g/mol.